The quantitative estimate of drug-likeness (QED) is 0.478. The van der Waals surface area contributed by atoms with Gasteiger partial charge >= 0.3 is 0 Å². The van der Waals surface area contributed by atoms with E-state index in [1.807, 2.05) is 22.9 Å². The van der Waals surface area contributed by atoms with Gasteiger partial charge in [0.1, 0.15) is 5.82 Å². The molecule has 0 saturated heterocycles. The zero-order chi connectivity index (χ0) is 21.8. The summed E-state index contributed by atoms with van der Waals surface area (Å²) >= 11 is 0. The minimum atomic E-state index is -0.0854. The van der Waals surface area contributed by atoms with Crippen LogP contribution in [0.5, 0.6) is 0 Å². The standard InChI is InChI=1S/C23H28N8/c1-23(2,3)22-25-20(9-6-14-24)28-31(22)15-16-10-12-17(13-11-16)18-7-4-5-8-19(18)21-26-29-30-27-21/h4-5,7-8,10-13H,6,9,14-15,24H2,1-3H3,(H,26,27,29,30). The maximum Gasteiger partial charge on any atom is 0.180 e. The summed E-state index contributed by atoms with van der Waals surface area (Å²) in [6.45, 7) is 7.82. The molecule has 0 aliphatic carbocycles. The third kappa shape index (κ3) is 4.69. The third-order valence-corrected chi connectivity index (χ3v) is 5.12. The Morgan fingerprint density at radius 3 is 2.39 bits per heavy atom. The zero-order valence-electron chi connectivity index (χ0n) is 18.2. The molecule has 0 spiro atoms. The van der Waals surface area contributed by atoms with Crippen LogP contribution in [0.2, 0.25) is 0 Å². The number of nitrogens with one attached hydrogen (secondary N) is 1. The topological polar surface area (TPSA) is 111 Å². The molecule has 0 atom stereocenters. The number of hydrogen-bond acceptors (Lipinski definition) is 6. The molecule has 0 radical (unpaired) electrons. The van der Waals surface area contributed by atoms with E-state index in [1.165, 1.54) is 5.56 Å². The average Bonchev–Trinajstić information content (AvgIpc) is 3.43. The summed E-state index contributed by atoms with van der Waals surface area (Å²) in [5.74, 6) is 2.51. The maximum atomic E-state index is 5.66. The van der Waals surface area contributed by atoms with E-state index in [9.17, 15) is 0 Å². The molecule has 0 amide bonds. The van der Waals surface area contributed by atoms with E-state index in [2.05, 4.69) is 71.7 Å². The lowest BCUT2D eigenvalue weighted by molar-refractivity contribution is 0.490. The van der Waals surface area contributed by atoms with Gasteiger partial charge in [0, 0.05) is 17.4 Å². The molecule has 4 aromatic rings. The van der Waals surface area contributed by atoms with E-state index in [1.54, 1.807) is 0 Å². The van der Waals surface area contributed by atoms with Crippen LogP contribution >= 0.6 is 0 Å². The Hall–Kier alpha value is -3.39. The lowest BCUT2D eigenvalue weighted by Crippen LogP contribution is -2.20. The second kappa shape index (κ2) is 8.77. The summed E-state index contributed by atoms with van der Waals surface area (Å²) in [5.41, 5.74) is 9.89. The van der Waals surface area contributed by atoms with Gasteiger partial charge in [0.15, 0.2) is 11.6 Å². The van der Waals surface area contributed by atoms with Crippen molar-refractivity contribution in [1.82, 2.24) is 35.4 Å². The number of aryl methyl sites for hydroxylation is 1. The molecule has 0 aliphatic rings. The lowest BCUT2D eigenvalue weighted by atomic mass is 9.95. The highest BCUT2D eigenvalue weighted by molar-refractivity contribution is 5.80. The summed E-state index contributed by atoms with van der Waals surface area (Å²) in [7, 11) is 0. The van der Waals surface area contributed by atoms with Gasteiger partial charge < -0.3 is 5.73 Å². The van der Waals surface area contributed by atoms with Gasteiger partial charge in [-0.1, -0.05) is 69.3 Å². The van der Waals surface area contributed by atoms with Crippen molar-refractivity contribution in [3.8, 4) is 22.5 Å². The summed E-state index contributed by atoms with van der Waals surface area (Å²) in [6, 6.07) is 16.6. The molecule has 160 valence electrons. The lowest BCUT2D eigenvalue weighted by Gasteiger charge is -2.18. The Balaban J connectivity index is 1.60. The van der Waals surface area contributed by atoms with Crippen LogP contribution in [0.15, 0.2) is 48.5 Å². The molecule has 8 nitrogen and oxygen atoms in total. The Kier molecular flexibility index (Phi) is 5.90. The summed E-state index contributed by atoms with van der Waals surface area (Å²) in [4.78, 5) is 4.79. The fraction of sp³-hybridized carbons (Fsp3) is 0.348. The fourth-order valence-electron chi connectivity index (χ4n) is 3.60. The number of benzene rings is 2. The molecule has 31 heavy (non-hydrogen) atoms. The van der Waals surface area contributed by atoms with Crippen molar-refractivity contribution in [2.24, 2.45) is 5.73 Å². The van der Waals surface area contributed by atoms with Crippen LogP contribution in [0, 0.1) is 0 Å². The van der Waals surface area contributed by atoms with Crippen molar-refractivity contribution in [3.05, 3.63) is 65.7 Å². The third-order valence-electron chi connectivity index (χ3n) is 5.12. The van der Waals surface area contributed by atoms with Crippen LogP contribution in [0.3, 0.4) is 0 Å². The van der Waals surface area contributed by atoms with Crippen LogP contribution in [0.25, 0.3) is 22.5 Å². The van der Waals surface area contributed by atoms with E-state index < -0.39 is 0 Å². The second-order valence-corrected chi connectivity index (χ2v) is 8.64. The molecule has 0 fully saturated rings. The molecule has 0 saturated carbocycles. The molecule has 3 N–H and O–H groups in total. The van der Waals surface area contributed by atoms with Crippen LogP contribution in [0.1, 0.15) is 44.4 Å². The first-order valence-corrected chi connectivity index (χ1v) is 10.5. The van der Waals surface area contributed by atoms with Gasteiger partial charge in [-0.15, -0.1) is 5.10 Å². The fourth-order valence-corrected chi connectivity index (χ4v) is 3.60. The largest absolute Gasteiger partial charge is 0.330 e. The molecule has 2 aromatic heterocycles. The summed E-state index contributed by atoms with van der Waals surface area (Å²) < 4.78 is 2.02. The van der Waals surface area contributed by atoms with Crippen molar-refractivity contribution in [3.63, 3.8) is 0 Å². The van der Waals surface area contributed by atoms with Crippen molar-refractivity contribution in [2.75, 3.05) is 6.54 Å². The molecule has 2 heterocycles. The van der Waals surface area contributed by atoms with Crippen molar-refractivity contribution < 1.29 is 0 Å². The van der Waals surface area contributed by atoms with E-state index in [0.29, 0.717) is 18.9 Å². The Morgan fingerprint density at radius 2 is 1.74 bits per heavy atom. The minimum Gasteiger partial charge on any atom is -0.330 e. The Bertz CT molecular complexity index is 1120. The number of nitrogens with zero attached hydrogens (tertiary/aromatic N) is 6. The first-order chi connectivity index (χ1) is 15.0. The van der Waals surface area contributed by atoms with Crippen molar-refractivity contribution in [1.29, 1.82) is 0 Å². The van der Waals surface area contributed by atoms with E-state index in [-0.39, 0.29) is 5.41 Å². The van der Waals surface area contributed by atoms with E-state index in [4.69, 9.17) is 15.8 Å². The molecule has 4 rings (SSSR count). The minimum absolute atomic E-state index is 0.0854. The molecule has 0 aliphatic heterocycles. The zero-order valence-corrected chi connectivity index (χ0v) is 18.2. The second-order valence-electron chi connectivity index (χ2n) is 8.64. The van der Waals surface area contributed by atoms with Crippen LogP contribution in [0.4, 0.5) is 0 Å². The van der Waals surface area contributed by atoms with E-state index >= 15 is 0 Å². The van der Waals surface area contributed by atoms with Crippen LogP contribution < -0.4 is 5.73 Å². The molecular weight excluding hydrogens is 388 g/mol. The number of hydrogen-bond donors (Lipinski definition) is 2. The first-order valence-electron chi connectivity index (χ1n) is 10.5. The van der Waals surface area contributed by atoms with Crippen molar-refractivity contribution in [2.45, 2.75) is 45.6 Å². The molecule has 0 bridgehead atoms. The van der Waals surface area contributed by atoms with Gasteiger partial charge in [-0.05, 0) is 40.1 Å². The maximum absolute atomic E-state index is 5.66. The number of rotatable bonds is 7. The summed E-state index contributed by atoms with van der Waals surface area (Å²) in [6.07, 6.45) is 1.70. The first kappa shape index (κ1) is 20.9. The predicted octanol–water partition coefficient (Wildman–Crippen LogP) is 3.36. The smallest absolute Gasteiger partial charge is 0.180 e. The van der Waals surface area contributed by atoms with Gasteiger partial charge in [0.05, 0.1) is 6.54 Å². The SMILES string of the molecule is CC(C)(C)c1nc(CCCN)nn1Cc1ccc(-c2ccccc2-c2nnn[nH]2)cc1. The van der Waals surface area contributed by atoms with Crippen molar-refractivity contribution >= 4 is 0 Å². The number of tetrazole rings is 1. The highest BCUT2D eigenvalue weighted by Gasteiger charge is 2.23. The molecular formula is C23H28N8. The number of aromatic nitrogens is 7. The predicted molar refractivity (Wildman–Crippen MR) is 120 cm³/mol. The van der Waals surface area contributed by atoms with Gasteiger partial charge in [-0.25, -0.2) is 14.8 Å². The molecule has 0 unspecified atom stereocenters. The van der Waals surface area contributed by atoms with Gasteiger partial charge in [-0.3, -0.25) is 0 Å². The number of H-pyrrole nitrogens is 1. The molecule has 8 heteroatoms. The number of aromatic amines is 1. The monoisotopic (exact) mass is 416 g/mol. The average molecular weight is 417 g/mol. The van der Waals surface area contributed by atoms with Gasteiger partial charge in [0.2, 0.25) is 0 Å². The van der Waals surface area contributed by atoms with Crippen LogP contribution in [-0.2, 0) is 18.4 Å². The Morgan fingerprint density at radius 1 is 1.00 bits per heavy atom. The van der Waals surface area contributed by atoms with Gasteiger partial charge in [0.25, 0.3) is 0 Å². The number of nitrogens with two attached hydrogens (primary N) is 1. The molecule has 2 aromatic carbocycles. The normalized spacial score (nSPS) is 11.7. The summed E-state index contributed by atoms with van der Waals surface area (Å²) in [5, 5.41) is 19.1. The highest BCUT2D eigenvalue weighted by atomic mass is 15.5. The van der Waals surface area contributed by atoms with Gasteiger partial charge in [-0.2, -0.15) is 5.10 Å². The van der Waals surface area contributed by atoms with E-state index in [0.717, 1.165) is 41.2 Å². The highest BCUT2D eigenvalue weighted by Crippen LogP contribution is 2.30. The van der Waals surface area contributed by atoms with Crippen LogP contribution in [-0.4, -0.2) is 41.9 Å². The Labute approximate surface area is 181 Å².